The van der Waals surface area contributed by atoms with E-state index in [1.165, 1.54) is 4.68 Å². The van der Waals surface area contributed by atoms with Gasteiger partial charge in [0.05, 0.1) is 11.9 Å². The summed E-state index contributed by atoms with van der Waals surface area (Å²) in [5.41, 5.74) is 0.837. The molecule has 0 aliphatic heterocycles. The number of rotatable bonds is 4. The maximum absolute atomic E-state index is 11.6. The number of halogens is 1. The average Bonchev–Trinajstić information content (AvgIpc) is 2.25. The highest BCUT2D eigenvalue weighted by molar-refractivity contribution is 9.10. The molecule has 0 aliphatic carbocycles. The van der Waals surface area contributed by atoms with Gasteiger partial charge in [-0.25, -0.2) is 4.68 Å². The van der Waals surface area contributed by atoms with Crippen LogP contribution in [0.3, 0.4) is 0 Å². The van der Waals surface area contributed by atoms with E-state index in [1.807, 2.05) is 0 Å². The predicted octanol–water partition coefficient (Wildman–Crippen LogP) is 2.39. The van der Waals surface area contributed by atoms with Crippen molar-refractivity contribution in [2.75, 3.05) is 11.9 Å². The molecule has 0 saturated heterocycles. The van der Waals surface area contributed by atoms with Crippen molar-refractivity contribution in [2.45, 2.75) is 27.2 Å². The Kier molecular flexibility index (Phi) is 4.13. The van der Waals surface area contributed by atoms with Crippen molar-refractivity contribution in [2.24, 2.45) is 12.5 Å². The smallest absolute Gasteiger partial charge is 0.282 e. The average molecular weight is 288 g/mol. The molecule has 0 amide bonds. The first kappa shape index (κ1) is 13.2. The van der Waals surface area contributed by atoms with Gasteiger partial charge < -0.3 is 5.32 Å². The summed E-state index contributed by atoms with van der Waals surface area (Å²) in [4.78, 5) is 11.6. The molecule has 0 radical (unpaired) electrons. The molecule has 4 nitrogen and oxygen atoms in total. The number of aromatic nitrogens is 2. The fourth-order valence-corrected chi connectivity index (χ4v) is 1.59. The van der Waals surface area contributed by atoms with Gasteiger partial charge in [0.1, 0.15) is 4.47 Å². The molecular weight excluding hydrogens is 270 g/mol. The summed E-state index contributed by atoms with van der Waals surface area (Å²) in [6, 6.07) is 0. The highest BCUT2D eigenvalue weighted by atomic mass is 79.9. The zero-order valence-corrected chi connectivity index (χ0v) is 11.8. The summed E-state index contributed by atoms with van der Waals surface area (Å²) in [5.74, 6) is 0. The molecule has 1 rings (SSSR count). The molecule has 0 atom stereocenters. The van der Waals surface area contributed by atoms with Gasteiger partial charge in [0, 0.05) is 13.6 Å². The Balaban J connectivity index is 2.84. The fourth-order valence-electron chi connectivity index (χ4n) is 1.09. The second kappa shape index (κ2) is 4.99. The first-order valence-corrected chi connectivity index (χ1v) is 6.12. The molecule has 0 saturated carbocycles. The zero-order valence-electron chi connectivity index (χ0n) is 10.2. The van der Waals surface area contributed by atoms with Gasteiger partial charge in [0.25, 0.3) is 5.56 Å². The molecule has 0 aliphatic rings. The third-order valence-electron chi connectivity index (χ3n) is 2.79. The Morgan fingerprint density at radius 3 is 2.75 bits per heavy atom. The van der Waals surface area contributed by atoms with E-state index in [4.69, 9.17) is 0 Å². The number of nitrogens with zero attached hydrogens (tertiary/aromatic N) is 2. The van der Waals surface area contributed by atoms with Gasteiger partial charge in [-0.2, -0.15) is 5.10 Å². The van der Waals surface area contributed by atoms with Gasteiger partial charge in [0.15, 0.2) is 0 Å². The summed E-state index contributed by atoms with van der Waals surface area (Å²) in [6.07, 6.45) is 2.74. The van der Waals surface area contributed by atoms with Crippen molar-refractivity contribution in [1.82, 2.24) is 9.78 Å². The lowest BCUT2D eigenvalue weighted by Crippen LogP contribution is -2.25. The minimum atomic E-state index is -0.126. The predicted molar refractivity (Wildman–Crippen MR) is 69.7 cm³/mol. The van der Waals surface area contributed by atoms with Gasteiger partial charge in [-0.05, 0) is 27.8 Å². The lowest BCUT2D eigenvalue weighted by Gasteiger charge is -2.23. The lowest BCUT2D eigenvalue weighted by molar-refractivity contribution is 0.377. The summed E-state index contributed by atoms with van der Waals surface area (Å²) in [6.45, 7) is 7.33. The van der Waals surface area contributed by atoms with Crippen LogP contribution < -0.4 is 10.9 Å². The topological polar surface area (TPSA) is 46.9 Å². The van der Waals surface area contributed by atoms with Crippen LogP contribution in [-0.2, 0) is 7.05 Å². The standard InChI is InChI=1S/C11H18BrN3O/c1-5-11(2,3)7-13-8-6-14-15(4)10(16)9(8)12/h6,13H,5,7H2,1-4H3. The van der Waals surface area contributed by atoms with Crippen LogP contribution in [0.1, 0.15) is 27.2 Å². The number of hydrogen-bond donors (Lipinski definition) is 1. The Morgan fingerprint density at radius 1 is 1.56 bits per heavy atom. The Morgan fingerprint density at radius 2 is 2.19 bits per heavy atom. The molecule has 90 valence electrons. The number of nitrogens with one attached hydrogen (secondary N) is 1. The van der Waals surface area contributed by atoms with E-state index in [1.54, 1.807) is 13.2 Å². The van der Waals surface area contributed by atoms with Crippen LogP contribution in [0.25, 0.3) is 0 Å². The van der Waals surface area contributed by atoms with E-state index in [0.717, 1.165) is 18.7 Å². The van der Waals surface area contributed by atoms with Crippen LogP contribution >= 0.6 is 15.9 Å². The molecule has 0 unspecified atom stereocenters. The molecule has 0 spiro atoms. The molecule has 1 N–H and O–H groups in total. The molecule has 0 aromatic carbocycles. The third-order valence-corrected chi connectivity index (χ3v) is 3.56. The number of anilines is 1. The summed E-state index contributed by atoms with van der Waals surface area (Å²) in [5, 5.41) is 7.23. The maximum atomic E-state index is 11.6. The molecule has 1 heterocycles. The van der Waals surface area contributed by atoms with Crippen LogP contribution in [0.2, 0.25) is 0 Å². The molecule has 0 fully saturated rings. The normalized spacial score (nSPS) is 11.6. The first-order valence-electron chi connectivity index (χ1n) is 5.33. The monoisotopic (exact) mass is 287 g/mol. The van der Waals surface area contributed by atoms with Gasteiger partial charge in [-0.1, -0.05) is 20.8 Å². The minimum absolute atomic E-state index is 0.126. The van der Waals surface area contributed by atoms with E-state index in [2.05, 4.69) is 47.1 Å². The van der Waals surface area contributed by atoms with Crippen molar-refractivity contribution in [3.05, 3.63) is 21.0 Å². The maximum Gasteiger partial charge on any atom is 0.282 e. The van der Waals surface area contributed by atoms with Crippen LogP contribution in [0.4, 0.5) is 5.69 Å². The molecule has 0 bridgehead atoms. The van der Waals surface area contributed by atoms with Crippen molar-refractivity contribution in [3.8, 4) is 0 Å². The fraction of sp³-hybridized carbons (Fsp3) is 0.636. The van der Waals surface area contributed by atoms with E-state index in [0.29, 0.717) is 4.47 Å². The Labute approximate surface area is 104 Å². The van der Waals surface area contributed by atoms with E-state index in [-0.39, 0.29) is 11.0 Å². The molecule has 1 aromatic rings. The lowest BCUT2D eigenvalue weighted by atomic mass is 9.90. The largest absolute Gasteiger partial charge is 0.382 e. The second-order valence-corrected chi connectivity index (χ2v) is 5.47. The third kappa shape index (κ3) is 3.07. The van der Waals surface area contributed by atoms with Crippen LogP contribution in [0.15, 0.2) is 15.5 Å². The quantitative estimate of drug-likeness (QED) is 0.925. The van der Waals surface area contributed by atoms with E-state index >= 15 is 0 Å². The first-order chi connectivity index (χ1) is 7.37. The Hall–Kier alpha value is -0.840. The number of aryl methyl sites for hydroxylation is 1. The highest BCUT2D eigenvalue weighted by Gasteiger charge is 2.16. The zero-order chi connectivity index (χ0) is 12.3. The van der Waals surface area contributed by atoms with Gasteiger partial charge in [0.2, 0.25) is 0 Å². The van der Waals surface area contributed by atoms with Crippen molar-refractivity contribution in [3.63, 3.8) is 0 Å². The molecule has 16 heavy (non-hydrogen) atoms. The van der Waals surface area contributed by atoms with E-state index < -0.39 is 0 Å². The SMILES string of the molecule is CCC(C)(C)CNc1cnn(C)c(=O)c1Br. The highest BCUT2D eigenvalue weighted by Crippen LogP contribution is 2.22. The van der Waals surface area contributed by atoms with Crippen LogP contribution in [0, 0.1) is 5.41 Å². The molecule has 5 heteroatoms. The summed E-state index contributed by atoms with van der Waals surface area (Å²) >= 11 is 3.28. The minimum Gasteiger partial charge on any atom is -0.382 e. The van der Waals surface area contributed by atoms with Crippen molar-refractivity contribution in [1.29, 1.82) is 0 Å². The summed E-state index contributed by atoms with van der Waals surface area (Å²) < 4.78 is 1.84. The van der Waals surface area contributed by atoms with Crippen LogP contribution in [-0.4, -0.2) is 16.3 Å². The molecular formula is C11H18BrN3O. The second-order valence-electron chi connectivity index (χ2n) is 4.67. The van der Waals surface area contributed by atoms with Gasteiger partial charge in [-0.3, -0.25) is 4.79 Å². The van der Waals surface area contributed by atoms with Crippen LogP contribution in [0.5, 0.6) is 0 Å². The van der Waals surface area contributed by atoms with E-state index in [9.17, 15) is 4.79 Å². The summed E-state index contributed by atoms with van der Waals surface area (Å²) in [7, 11) is 1.63. The van der Waals surface area contributed by atoms with Gasteiger partial charge in [-0.15, -0.1) is 0 Å². The van der Waals surface area contributed by atoms with Crippen molar-refractivity contribution >= 4 is 21.6 Å². The van der Waals surface area contributed by atoms with Crippen molar-refractivity contribution < 1.29 is 0 Å². The molecule has 1 aromatic heterocycles. The van der Waals surface area contributed by atoms with Gasteiger partial charge >= 0.3 is 0 Å². The number of hydrogen-bond acceptors (Lipinski definition) is 3. The Bertz CT molecular complexity index is 426.